The van der Waals surface area contributed by atoms with Gasteiger partial charge in [0.1, 0.15) is 5.25 Å². The molecule has 0 aromatic carbocycles. The molecule has 2 aromatic heterocycles. The summed E-state index contributed by atoms with van der Waals surface area (Å²) in [5, 5.41) is 0.411. The van der Waals surface area contributed by atoms with E-state index in [0.717, 1.165) is 5.57 Å². The van der Waals surface area contributed by atoms with E-state index in [1.807, 2.05) is 19.1 Å². The van der Waals surface area contributed by atoms with Crippen LogP contribution >= 0.6 is 11.6 Å². The zero-order valence-electron chi connectivity index (χ0n) is 14.7. The second-order valence-electron chi connectivity index (χ2n) is 6.47. The Kier molecular flexibility index (Phi) is 4.94. The van der Waals surface area contributed by atoms with Crippen LogP contribution in [-0.4, -0.2) is 42.1 Å². The molecule has 2 aromatic rings. The van der Waals surface area contributed by atoms with Gasteiger partial charge in [0.2, 0.25) is 10.0 Å². The third kappa shape index (κ3) is 3.48. The van der Waals surface area contributed by atoms with Gasteiger partial charge in [-0.05, 0) is 25.5 Å². The van der Waals surface area contributed by atoms with Crippen molar-refractivity contribution in [2.24, 2.45) is 0 Å². The van der Waals surface area contributed by atoms with Gasteiger partial charge in [0, 0.05) is 23.3 Å². The summed E-state index contributed by atoms with van der Waals surface area (Å²) in [6, 6.07) is 1.68. The molecule has 6 nitrogen and oxygen atoms in total. The minimum Gasteiger partial charge on any atom is -0.347 e. The average Bonchev–Trinajstić information content (AvgIpc) is 3.31. The van der Waals surface area contributed by atoms with Crippen molar-refractivity contribution < 1.29 is 17.9 Å². The van der Waals surface area contributed by atoms with E-state index in [9.17, 15) is 8.42 Å². The van der Waals surface area contributed by atoms with Crippen LogP contribution in [0.4, 0.5) is 0 Å². The predicted molar refractivity (Wildman–Crippen MR) is 105 cm³/mol. The third-order valence-electron chi connectivity index (χ3n) is 4.63. The van der Waals surface area contributed by atoms with Crippen molar-refractivity contribution in [3.8, 4) is 0 Å². The van der Waals surface area contributed by atoms with E-state index in [2.05, 4.69) is 4.98 Å². The molecular weight excluding hydrogens is 388 g/mol. The number of hydrogen-bond acceptors (Lipinski definition) is 5. The van der Waals surface area contributed by atoms with Crippen LogP contribution in [0, 0.1) is 0 Å². The molecule has 1 saturated heterocycles. The fourth-order valence-electron chi connectivity index (χ4n) is 3.11. The van der Waals surface area contributed by atoms with Crippen molar-refractivity contribution in [1.82, 2.24) is 8.96 Å². The second-order valence-corrected chi connectivity index (χ2v) is 8.88. The molecule has 0 radical (unpaired) electrons. The Balaban J connectivity index is 1.68. The molecule has 0 bridgehead atoms. The van der Waals surface area contributed by atoms with Crippen LogP contribution in [0.25, 0.3) is 17.1 Å². The number of fused-ring (bicyclic) bond motifs is 1. The summed E-state index contributed by atoms with van der Waals surface area (Å²) < 4.78 is 38.0. The van der Waals surface area contributed by atoms with Gasteiger partial charge in [0.05, 0.1) is 18.2 Å². The molecule has 1 aliphatic heterocycles. The summed E-state index contributed by atoms with van der Waals surface area (Å²) in [5.74, 6) is 0. The summed E-state index contributed by atoms with van der Waals surface area (Å²) in [5.41, 5.74) is 2.06. The van der Waals surface area contributed by atoms with Crippen molar-refractivity contribution in [2.45, 2.75) is 24.9 Å². The number of rotatable bonds is 4. The van der Waals surface area contributed by atoms with Crippen LogP contribution in [0.2, 0.25) is 5.02 Å². The highest BCUT2D eigenvalue weighted by Gasteiger charge is 2.27. The summed E-state index contributed by atoms with van der Waals surface area (Å²) in [7, 11) is -3.62. The highest BCUT2D eigenvalue weighted by molar-refractivity contribution is 7.90. The number of aromatic nitrogens is 2. The van der Waals surface area contributed by atoms with E-state index in [0.29, 0.717) is 41.3 Å². The lowest BCUT2D eigenvalue weighted by molar-refractivity contribution is -0.000908. The van der Waals surface area contributed by atoms with E-state index in [4.69, 9.17) is 21.1 Å². The SMILES string of the molecule is CC1=CCC(S(=O)(=O)n2ccc3c(Cl)c(/C=C/C4OCCO4)cnc32)C=C1. The van der Waals surface area contributed by atoms with Crippen molar-refractivity contribution in [3.63, 3.8) is 0 Å². The minimum absolute atomic E-state index is 0.324. The number of pyridine rings is 1. The van der Waals surface area contributed by atoms with E-state index in [1.54, 1.807) is 30.5 Å². The maximum atomic E-state index is 13.0. The first-order valence-electron chi connectivity index (χ1n) is 8.63. The zero-order chi connectivity index (χ0) is 19.0. The Labute approximate surface area is 162 Å². The van der Waals surface area contributed by atoms with Crippen LogP contribution in [-0.2, 0) is 19.5 Å². The molecular formula is C19H19ClN2O4S. The van der Waals surface area contributed by atoms with Crippen molar-refractivity contribution in [2.75, 3.05) is 13.2 Å². The summed E-state index contributed by atoms with van der Waals surface area (Å²) >= 11 is 6.49. The molecule has 1 fully saturated rings. The van der Waals surface area contributed by atoms with Crippen molar-refractivity contribution in [3.05, 3.63) is 58.9 Å². The molecule has 1 unspecified atom stereocenters. The van der Waals surface area contributed by atoms with E-state index in [-0.39, 0.29) is 0 Å². The average molecular weight is 407 g/mol. The number of halogens is 1. The van der Waals surface area contributed by atoms with Crippen LogP contribution in [0.15, 0.2) is 48.3 Å². The molecule has 0 saturated carbocycles. The van der Waals surface area contributed by atoms with E-state index < -0.39 is 21.6 Å². The van der Waals surface area contributed by atoms with E-state index >= 15 is 0 Å². The highest BCUT2D eigenvalue weighted by atomic mass is 35.5. The number of ether oxygens (including phenoxy) is 2. The number of nitrogens with zero attached hydrogens (tertiary/aromatic N) is 2. The Hall–Kier alpha value is -1.93. The molecule has 1 aliphatic carbocycles. The van der Waals surface area contributed by atoms with Gasteiger partial charge >= 0.3 is 0 Å². The molecule has 27 heavy (non-hydrogen) atoms. The summed E-state index contributed by atoms with van der Waals surface area (Å²) in [6.07, 6.45) is 12.1. The van der Waals surface area contributed by atoms with Gasteiger partial charge in [-0.1, -0.05) is 41.5 Å². The van der Waals surface area contributed by atoms with Crippen LogP contribution < -0.4 is 0 Å². The Morgan fingerprint density at radius 1 is 1.33 bits per heavy atom. The Morgan fingerprint density at radius 2 is 2.11 bits per heavy atom. The fourth-order valence-corrected chi connectivity index (χ4v) is 4.90. The van der Waals surface area contributed by atoms with Crippen LogP contribution in [0.3, 0.4) is 0 Å². The molecule has 4 rings (SSSR count). The monoisotopic (exact) mass is 406 g/mol. The van der Waals surface area contributed by atoms with Gasteiger partial charge in [-0.2, -0.15) is 0 Å². The standard InChI is InChI=1S/C19H19ClN2O4S/c1-13-2-5-15(6-3-13)27(23,24)22-9-8-16-18(20)14(12-21-19(16)22)4-7-17-25-10-11-26-17/h2-5,7-9,12,15,17H,6,10-11H2,1H3/b7-4+. The lowest BCUT2D eigenvalue weighted by Gasteiger charge is -2.17. The number of hydrogen-bond donors (Lipinski definition) is 0. The quantitative estimate of drug-likeness (QED) is 0.776. The molecule has 0 spiro atoms. The Morgan fingerprint density at radius 3 is 2.81 bits per heavy atom. The molecule has 8 heteroatoms. The molecule has 3 heterocycles. The lowest BCUT2D eigenvalue weighted by Crippen LogP contribution is -2.26. The molecule has 2 aliphatic rings. The molecule has 0 amide bonds. The normalized spacial score (nSPS) is 21.4. The predicted octanol–water partition coefficient (Wildman–Crippen LogP) is 3.53. The third-order valence-corrected chi connectivity index (χ3v) is 7.00. The maximum absolute atomic E-state index is 13.0. The first-order chi connectivity index (χ1) is 13.0. The highest BCUT2D eigenvalue weighted by Crippen LogP contribution is 2.30. The Bertz CT molecular complexity index is 1060. The van der Waals surface area contributed by atoms with Gasteiger partial charge < -0.3 is 9.47 Å². The van der Waals surface area contributed by atoms with Crippen LogP contribution in [0.5, 0.6) is 0 Å². The topological polar surface area (TPSA) is 70.4 Å². The van der Waals surface area contributed by atoms with Crippen LogP contribution in [0.1, 0.15) is 18.9 Å². The second kappa shape index (κ2) is 7.24. The van der Waals surface area contributed by atoms with Gasteiger partial charge in [0.25, 0.3) is 0 Å². The van der Waals surface area contributed by atoms with Crippen molar-refractivity contribution in [1.29, 1.82) is 0 Å². The first kappa shape index (κ1) is 18.4. The molecule has 142 valence electrons. The van der Waals surface area contributed by atoms with Gasteiger partial charge in [0.15, 0.2) is 11.9 Å². The number of allylic oxidation sites excluding steroid dienone is 3. The minimum atomic E-state index is -3.62. The maximum Gasteiger partial charge on any atom is 0.246 e. The van der Waals surface area contributed by atoms with E-state index in [1.165, 1.54) is 10.2 Å². The smallest absolute Gasteiger partial charge is 0.246 e. The zero-order valence-corrected chi connectivity index (χ0v) is 16.3. The van der Waals surface area contributed by atoms with Gasteiger partial charge in [-0.3, -0.25) is 0 Å². The van der Waals surface area contributed by atoms with Gasteiger partial charge in [-0.25, -0.2) is 17.4 Å². The lowest BCUT2D eigenvalue weighted by atomic mass is 10.1. The van der Waals surface area contributed by atoms with Gasteiger partial charge in [-0.15, -0.1) is 0 Å². The summed E-state index contributed by atoms with van der Waals surface area (Å²) in [6.45, 7) is 3.07. The summed E-state index contributed by atoms with van der Waals surface area (Å²) in [4.78, 5) is 4.35. The molecule has 1 atom stereocenters. The fraction of sp³-hybridized carbons (Fsp3) is 0.316. The largest absolute Gasteiger partial charge is 0.347 e. The first-order valence-corrected chi connectivity index (χ1v) is 10.5. The van der Waals surface area contributed by atoms with Crippen molar-refractivity contribution >= 4 is 38.7 Å². The molecule has 0 N–H and O–H groups in total.